The highest BCUT2D eigenvalue weighted by Gasteiger charge is 2.22. The summed E-state index contributed by atoms with van der Waals surface area (Å²) in [4.78, 5) is 25.4. The summed E-state index contributed by atoms with van der Waals surface area (Å²) >= 11 is 3.46. The number of nitrogens with two attached hydrogens (primary N) is 1. The second kappa shape index (κ2) is 6.89. The summed E-state index contributed by atoms with van der Waals surface area (Å²) in [6.45, 7) is 0.524. The number of amides is 3. The van der Waals surface area contributed by atoms with Gasteiger partial charge in [0.15, 0.2) is 0 Å². The van der Waals surface area contributed by atoms with Gasteiger partial charge in [-0.3, -0.25) is 9.69 Å². The van der Waals surface area contributed by atoms with Crippen LogP contribution in [0.25, 0.3) is 11.1 Å². The maximum Gasteiger partial charge on any atom is 0.323 e. The number of fused-ring (bicyclic) bond motifs is 1. The molecule has 0 saturated carbocycles. The van der Waals surface area contributed by atoms with Crippen LogP contribution in [0.4, 0.5) is 16.2 Å². The zero-order chi connectivity index (χ0) is 19.0. The number of benzene rings is 3. The van der Waals surface area contributed by atoms with Crippen molar-refractivity contribution in [2.24, 2.45) is 5.73 Å². The standard InChI is InChI=1S/C21H16BrN3O2/c22-18-6-1-2-7-19(18)25(21(23)27)14-10-8-13(9-11-14)15-4-3-5-16-17(15)12-24-20(16)26/h1-11H,12H2,(H2,23,27)(H,24,26). The predicted octanol–water partition coefficient (Wildman–Crippen LogP) is 4.58. The molecule has 1 aliphatic rings. The Hall–Kier alpha value is -3.12. The number of rotatable bonds is 3. The minimum Gasteiger partial charge on any atom is -0.351 e. The summed E-state index contributed by atoms with van der Waals surface area (Å²) in [5.41, 5.74) is 10.7. The molecule has 0 atom stereocenters. The number of halogens is 1. The molecule has 1 aliphatic heterocycles. The monoisotopic (exact) mass is 421 g/mol. The van der Waals surface area contributed by atoms with E-state index in [9.17, 15) is 9.59 Å². The van der Waals surface area contributed by atoms with Gasteiger partial charge in [-0.1, -0.05) is 36.4 Å². The molecule has 3 aromatic carbocycles. The van der Waals surface area contributed by atoms with Gasteiger partial charge in [-0.25, -0.2) is 4.79 Å². The number of hydrogen-bond acceptors (Lipinski definition) is 2. The normalized spacial score (nSPS) is 12.4. The van der Waals surface area contributed by atoms with Crippen molar-refractivity contribution in [1.82, 2.24) is 5.32 Å². The van der Waals surface area contributed by atoms with Gasteiger partial charge in [-0.15, -0.1) is 0 Å². The van der Waals surface area contributed by atoms with Crippen LogP contribution < -0.4 is 16.0 Å². The number of urea groups is 1. The Kier molecular flexibility index (Phi) is 4.41. The van der Waals surface area contributed by atoms with Crippen LogP contribution in [-0.2, 0) is 6.54 Å². The summed E-state index contributed by atoms with van der Waals surface area (Å²) in [5, 5.41) is 2.85. The molecule has 0 bridgehead atoms. The van der Waals surface area contributed by atoms with Crippen LogP contribution >= 0.6 is 15.9 Å². The first kappa shape index (κ1) is 17.3. The second-order valence-corrected chi connectivity index (χ2v) is 7.04. The number of nitrogens with one attached hydrogen (secondary N) is 1. The Morgan fingerprint density at radius 3 is 2.37 bits per heavy atom. The van der Waals surface area contributed by atoms with E-state index in [2.05, 4.69) is 21.2 Å². The largest absolute Gasteiger partial charge is 0.351 e. The van der Waals surface area contributed by atoms with E-state index in [1.165, 1.54) is 4.90 Å². The summed E-state index contributed by atoms with van der Waals surface area (Å²) in [6, 6.07) is 20.1. The van der Waals surface area contributed by atoms with Crippen LogP contribution in [-0.4, -0.2) is 11.9 Å². The Bertz CT molecular complexity index is 1050. The number of nitrogens with zero attached hydrogens (tertiary/aromatic N) is 1. The van der Waals surface area contributed by atoms with Gasteiger partial charge in [0.2, 0.25) is 0 Å². The van der Waals surface area contributed by atoms with Gasteiger partial charge in [0.1, 0.15) is 0 Å². The van der Waals surface area contributed by atoms with Gasteiger partial charge in [0.25, 0.3) is 5.91 Å². The van der Waals surface area contributed by atoms with Crippen molar-refractivity contribution in [3.63, 3.8) is 0 Å². The Balaban J connectivity index is 1.73. The molecule has 0 unspecified atom stereocenters. The summed E-state index contributed by atoms with van der Waals surface area (Å²) in [7, 11) is 0. The first-order valence-electron chi connectivity index (χ1n) is 8.41. The lowest BCUT2D eigenvalue weighted by Crippen LogP contribution is -2.31. The molecule has 6 heteroatoms. The topological polar surface area (TPSA) is 75.4 Å². The van der Waals surface area contributed by atoms with E-state index in [0.29, 0.717) is 23.5 Å². The zero-order valence-electron chi connectivity index (χ0n) is 14.3. The number of carbonyl (C=O) groups is 2. The van der Waals surface area contributed by atoms with Gasteiger partial charge < -0.3 is 11.1 Å². The van der Waals surface area contributed by atoms with E-state index in [1.54, 1.807) is 0 Å². The smallest absolute Gasteiger partial charge is 0.323 e. The first-order valence-corrected chi connectivity index (χ1v) is 9.20. The summed E-state index contributed by atoms with van der Waals surface area (Å²) in [6.07, 6.45) is 0. The number of carbonyl (C=O) groups excluding carboxylic acids is 2. The summed E-state index contributed by atoms with van der Waals surface area (Å²) < 4.78 is 0.776. The fourth-order valence-corrected chi connectivity index (χ4v) is 3.79. The average molecular weight is 422 g/mol. The average Bonchev–Trinajstić information content (AvgIpc) is 3.05. The number of para-hydroxylation sites is 1. The van der Waals surface area contributed by atoms with Crippen LogP contribution in [0.15, 0.2) is 71.2 Å². The lowest BCUT2D eigenvalue weighted by Gasteiger charge is -2.22. The van der Waals surface area contributed by atoms with E-state index in [4.69, 9.17) is 5.73 Å². The van der Waals surface area contributed by atoms with Crippen molar-refractivity contribution in [2.45, 2.75) is 6.54 Å². The number of anilines is 2. The van der Waals surface area contributed by atoms with Gasteiger partial charge in [-0.05, 0) is 63.0 Å². The van der Waals surface area contributed by atoms with Crippen LogP contribution in [0, 0.1) is 0 Å². The molecule has 0 aromatic heterocycles. The molecule has 3 aromatic rings. The van der Waals surface area contributed by atoms with Crippen LogP contribution in [0.2, 0.25) is 0 Å². The van der Waals surface area contributed by atoms with E-state index < -0.39 is 6.03 Å². The zero-order valence-corrected chi connectivity index (χ0v) is 15.9. The molecule has 0 fully saturated rings. The third-order valence-electron chi connectivity index (χ3n) is 4.60. The van der Waals surface area contributed by atoms with Crippen LogP contribution in [0.1, 0.15) is 15.9 Å². The molecule has 4 rings (SSSR count). The molecule has 3 N–H and O–H groups in total. The molecule has 1 heterocycles. The molecular weight excluding hydrogens is 406 g/mol. The van der Waals surface area contributed by atoms with E-state index in [-0.39, 0.29) is 5.91 Å². The number of primary amides is 1. The Labute approximate surface area is 164 Å². The van der Waals surface area contributed by atoms with Gasteiger partial charge in [-0.2, -0.15) is 0 Å². The maximum atomic E-state index is 12.1. The fraction of sp³-hybridized carbons (Fsp3) is 0.0476. The Morgan fingerprint density at radius 1 is 0.963 bits per heavy atom. The Morgan fingerprint density at radius 2 is 1.67 bits per heavy atom. The van der Waals surface area contributed by atoms with Gasteiger partial charge in [0.05, 0.1) is 11.4 Å². The summed E-state index contributed by atoms with van der Waals surface area (Å²) in [5.74, 6) is -0.0442. The second-order valence-electron chi connectivity index (χ2n) is 6.19. The first-order chi connectivity index (χ1) is 13.1. The van der Waals surface area contributed by atoms with Gasteiger partial charge >= 0.3 is 6.03 Å². The molecule has 0 spiro atoms. The lowest BCUT2D eigenvalue weighted by atomic mass is 9.97. The molecule has 0 radical (unpaired) electrons. The van der Waals surface area contributed by atoms with Crippen molar-refractivity contribution < 1.29 is 9.59 Å². The van der Waals surface area contributed by atoms with Crippen molar-refractivity contribution in [2.75, 3.05) is 4.90 Å². The third kappa shape index (κ3) is 3.08. The molecule has 5 nitrogen and oxygen atoms in total. The fourth-order valence-electron chi connectivity index (χ4n) is 3.33. The van der Waals surface area contributed by atoms with E-state index in [1.807, 2.05) is 66.7 Å². The molecule has 27 heavy (non-hydrogen) atoms. The van der Waals surface area contributed by atoms with Crippen LogP contribution in [0.5, 0.6) is 0 Å². The predicted molar refractivity (Wildman–Crippen MR) is 109 cm³/mol. The minimum atomic E-state index is -0.565. The maximum absolute atomic E-state index is 12.1. The van der Waals surface area contributed by atoms with Crippen molar-refractivity contribution in [3.8, 4) is 11.1 Å². The highest BCUT2D eigenvalue weighted by molar-refractivity contribution is 9.10. The van der Waals surface area contributed by atoms with Crippen molar-refractivity contribution in [1.29, 1.82) is 0 Å². The minimum absolute atomic E-state index is 0.0442. The van der Waals surface area contributed by atoms with E-state index >= 15 is 0 Å². The highest BCUT2D eigenvalue weighted by Crippen LogP contribution is 2.34. The van der Waals surface area contributed by atoms with E-state index in [0.717, 1.165) is 21.2 Å². The van der Waals surface area contributed by atoms with Crippen molar-refractivity contribution >= 4 is 39.2 Å². The number of hydrogen-bond donors (Lipinski definition) is 2. The molecule has 0 aliphatic carbocycles. The lowest BCUT2D eigenvalue weighted by molar-refractivity contribution is 0.0965. The van der Waals surface area contributed by atoms with Crippen molar-refractivity contribution in [3.05, 3.63) is 82.3 Å². The van der Waals surface area contributed by atoms with Crippen LogP contribution in [0.3, 0.4) is 0 Å². The quantitative estimate of drug-likeness (QED) is 0.649. The molecule has 3 amide bonds. The highest BCUT2D eigenvalue weighted by atomic mass is 79.9. The molecule has 134 valence electrons. The molecule has 0 saturated heterocycles. The van der Waals surface area contributed by atoms with Gasteiger partial charge in [0, 0.05) is 16.6 Å². The third-order valence-corrected chi connectivity index (χ3v) is 5.27. The molecular formula is C21H16BrN3O2. The SMILES string of the molecule is NC(=O)N(c1ccc(-c2cccc3c2CNC3=O)cc1)c1ccccc1Br.